The lowest BCUT2D eigenvalue weighted by molar-refractivity contribution is -0.135. The first-order chi connectivity index (χ1) is 6.45. The van der Waals surface area contributed by atoms with E-state index in [1.54, 1.807) is 11.8 Å². The van der Waals surface area contributed by atoms with Crippen LogP contribution in [-0.4, -0.2) is 31.3 Å². The first-order valence-corrected chi connectivity index (χ1v) is 6.11. The van der Waals surface area contributed by atoms with Crippen molar-refractivity contribution < 1.29 is 13.2 Å². The van der Waals surface area contributed by atoms with Crippen molar-refractivity contribution in [2.45, 2.75) is 25.9 Å². The Hall–Kier alpha value is 0.100. The number of halogens is 3. The second-order valence-corrected chi connectivity index (χ2v) is 4.39. The summed E-state index contributed by atoms with van der Waals surface area (Å²) < 4.78 is 35.2. The van der Waals surface area contributed by atoms with Gasteiger partial charge < -0.3 is 5.32 Å². The predicted octanol–water partition coefficient (Wildman–Crippen LogP) is 2.92. The topological polar surface area (TPSA) is 12.0 Å². The number of alkyl halides is 3. The monoisotopic (exact) mass is 229 g/mol. The van der Waals surface area contributed by atoms with Crippen molar-refractivity contribution in [2.75, 3.05) is 25.1 Å². The minimum Gasteiger partial charge on any atom is -0.316 e. The average molecular weight is 229 g/mol. The van der Waals surface area contributed by atoms with Crippen LogP contribution in [0, 0.1) is 5.92 Å². The molecule has 5 heteroatoms. The predicted molar refractivity (Wildman–Crippen MR) is 55.7 cm³/mol. The maximum atomic E-state index is 11.7. The lowest BCUT2D eigenvalue weighted by Gasteiger charge is -2.11. The molecule has 0 spiro atoms. The van der Waals surface area contributed by atoms with Gasteiger partial charge in [-0.3, -0.25) is 0 Å². The van der Waals surface area contributed by atoms with Gasteiger partial charge in [0.25, 0.3) is 0 Å². The number of hydrogen-bond acceptors (Lipinski definition) is 2. The van der Waals surface area contributed by atoms with Gasteiger partial charge in [-0.2, -0.15) is 24.9 Å². The smallest absolute Gasteiger partial charge is 0.316 e. The van der Waals surface area contributed by atoms with E-state index in [9.17, 15) is 13.2 Å². The van der Waals surface area contributed by atoms with E-state index in [0.717, 1.165) is 12.3 Å². The number of thioether (sulfide) groups is 1. The molecular formula is C9H18F3NS. The Balaban J connectivity index is 3.21. The molecule has 0 aliphatic rings. The molecule has 0 radical (unpaired) electrons. The molecular weight excluding hydrogens is 211 g/mol. The van der Waals surface area contributed by atoms with E-state index in [0.29, 0.717) is 12.5 Å². The molecule has 0 fully saturated rings. The van der Waals surface area contributed by atoms with Crippen molar-refractivity contribution in [2.24, 2.45) is 5.92 Å². The minimum atomic E-state index is -4.01. The molecule has 0 aromatic heterocycles. The van der Waals surface area contributed by atoms with Crippen molar-refractivity contribution in [3.63, 3.8) is 0 Å². The van der Waals surface area contributed by atoms with E-state index < -0.39 is 12.6 Å². The third kappa shape index (κ3) is 10.2. The summed E-state index contributed by atoms with van der Waals surface area (Å²) in [5.74, 6) is 1.57. The second-order valence-electron chi connectivity index (χ2n) is 3.48. The molecule has 14 heavy (non-hydrogen) atoms. The van der Waals surface area contributed by atoms with Crippen LogP contribution in [0.2, 0.25) is 0 Å². The summed E-state index contributed by atoms with van der Waals surface area (Å²) in [7, 11) is 0. The zero-order valence-corrected chi connectivity index (χ0v) is 9.47. The molecule has 0 aromatic carbocycles. The number of nitrogens with one attached hydrogen (secondary N) is 1. The van der Waals surface area contributed by atoms with Crippen LogP contribution in [-0.2, 0) is 0 Å². The summed E-state index contributed by atoms with van der Waals surface area (Å²) in [6.07, 6.45) is -2.49. The molecule has 0 aliphatic carbocycles. The molecule has 0 saturated carbocycles. The average Bonchev–Trinajstić information content (AvgIpc) is 2.02. The molecule has 0 amide bonds. The number of hydrogen-bond donors (Lipinski definition) is 1. The Morgan fingerprint density at radius 2 is 2.00 bits per heavy atom. The highest BCUT2D eigenvalue weighted by atomic mass is 32.2. The maximum Gasteiger partial charge on any atom is 0.389 e. The van der Waals surface area contributed by atoms with E-state index in [1.165, 1.54) is 0 Å². The van der Waals surface area contributed by atoms with Gasteiger partial charge >= 0.3 is 6.18 Å². The lowest BCUT2D eigenvalue weighted by Crippen LogP contribution is -2.24. The van der Waals surface area contributed by atoms with Gasteiger partial charge in [0, 0.05) is 6.42 Å². The fourth-order valence-electron chi connectivity index (χ4n) is 1.11. The summed E-state index contributed by atoms with van der Waals surface area (Å²) in [5.41, 5.74) is 0. The summed E-state index contributed by atoms with van der Waals surface area (Å²) in [4.78, 5) is 0. The Morgan fingerprint density at radius 3 is 2.50 bits per heavy atom. The van der Waals surface area contributed by atoms with E-state index in [1.807, 2.05) is 6.26 Å². The van der Waals surface area contributed by atoms with Crippen LogP contribution in [0.5, 0.6) is 0 Å². The number of rotatable bonds is 7. The van der Waals surface area contributed by atoms with Crippen molar-refractivity contribution in [3.8, 4) is 0 Å². The summed E-state index contributed by atoms with van der Waals surface area (Å²) in [6, 6.07) is 0. The molecule has 1 N–H and O–H groups in total. The highest BCUT2D eigenvalue weighted by Crippen LogP contribution is 2.20. The fourth-order valence-corrected chi connectivity index (χ4v) is 1.79. The van der Waals surface area contributed by atoms with Crippen LogP contribution < -0.4 is 5.32 Å². The fraction of sp³-hybridized carbons (Fsp3) is 1.00. The van der Waals surface area contributed by atoms with Crippen LogP contribution in [0.3, 0.4) is 0 Å². The molecule has 1 atom stereocenters. The SMILES string of the molecule is CSCC(C)CNCCCC(F)(F)F. The summed E-state index contributed by atoms with van der Waals surface area (Å²) in [5, 5.41) is 3.03. The van der Waals surface area contributed by atoms with Crippen molar-refractivity contribution in [1.82, 2.24) is 5.32 Å². The highest BCUT2D eigenvalue weighted by Gasteiger charge is 2.25. The van der Waals surface area contributed by atoms with Crippen LogP contribution in [0.1, 0.15) is 19.8 Å². The van der Waals surface area contributed by atoms with E-state index in [-0.39, 0.29) is 6.42 Å². The molecule has 86 valence electrons. The van der Waals surface area contributed by atoms with Crippen molar-refractivity contribution in [3.05, 3.63) is 0 Å². The van der Waals surface area contributed by atoms with Gasteiger partial charge in [0.2, 0.25) is 0 Å². The standard InChI is InChI=1S/C9H18F3NS/c1-8(7-14-2)6-13-5-3-4-9(10,11)12/h8,13H,3-7H2,1-2H3. The lowest BCUT2D eigenvalue weighted by atomic mass is 10.2. The molecule has 0 bridgehead atoms. The van der Waals surface area contributed by atoms with Crippen LogP contribution in [0.25, 0.3) is 0 Å². The first-order valence-electron chi connectivity index (χ1n) is 4.72. The van der Waals surface area contributed by atoms with Crippen molar-refractivity contribution >= 4 is 11.8 Å². The van der Waals surface area contributed by atoms with Gasteiger partial charge in [-0.25, -0.2) is 0 Å². The van der Waals surface area contributed by atoms with Gasteiger partial charge in [0.1, 0.15) is 0 Å². The molecule has 1 unspecified atom stereocenters. The Morgan fingerprint density at radius 1 is 1.36 bits per heavy atom. The molecule has 0 heterocycles. The van der Waals surface area contributed by atoms with Gasteiger partial charge in [0.15, 0.2) is 0 Å². The van der Waals surface area contributed by atoms with Gasteiger partial charge in [-0.1, -0.05) is 6.92 Å². The van der Waals surface area contributed by atoms with Crippen molar-refractivity contribution in [1.29, 1.82) is 0 Å². The van der Waals surface area contributed by atoms with Crippen LogP contribution in [0.4, 0.5) is 13.2 Å². The van der Waals surface area contributed by atoms with Gasteiger partial charge in [0.05, 0.1) is 0 Å². The second kappa shape index (κ2) is 7.40. The zero-order valence-electron chi connectivity index (χ0n) is 8.66. The molecule has 0 rings (SSSR count). The Kier molecular flexibility index (Phi) is 7.45. The Bertz CT molecular complexity index is 139. The maximum absolute atomic E-state index is 11.7. The van der Waals surface area contributed by atoms with Gasteiger partial charge in [-0.05, 0) is 37.4 Å². The minimum absolute atomic E-state index is 0.176. The summed E-state index contributed by atoms with van der Waals surface area (Å²) in [6.45, 7) is 3.35. The first kappa shape index (κ1) is 14.1. The highest BCUT2D eigenvalue weighted by molar-refractivity contribution is 7.98. The van der Waals surface area contributed by atoms with Gasteiger partial charge in [-0.15, -0.1) is 0 Å². The third-order valence-electron chi connectivity index (χ3n) is 1.76. The van der Waals surface area contributed by atoms with E-state index in [2.05, 4.69) is 12.2 Å². The molecule has 0 aromatic rings. The molecule has 0 aliphatic heterocycles. The quantitative estimate of drug-likeness (QED) is 0.674. The van der Waals surface area contributed by atoms with Crippen LogP contribution >= 0.6 is 11.8 Å². The normalized spacial score (nSPS) is 14.4. The van der Waals surface area contributed by atoms with Crippen LogP contribution in [0.15, 0.2) is 0 Å². The Labute approximate surface area is 87.8 Å². The molecule has 0 saturated heterocycles. The van der Waals surface area contributed by atoms with E-state index in [4.69, 9.17) is 0 Å². The molecule has 1 nitrogen and oxygen atoms in total. The zero-order chi connectivity index (χ0) is 11.0. The summed E-state index contributed by atoms with van der Waals surface area (Å²) >= 11 is 1.76. The third-order valence-corrected chi connectivity index (χ3v) is 2.66. The largest absolute Gasteiger partial charge is 0.389 e. The van der Waals surface area contributed by atoms with E-state index >= 15 is 0 Å².